The molecule has 2 rings (SSSR count). The van der Waals surface area contributed by atoms with Crippen LogP contribution in [0, 0.1) is 6.92 Å². The van der Waals surface area contributed by atoms with Crippen LogP contribution >= 0.6 is 22.7 Å². The van der Waals surface area contributed by atoms with Crippen LogP contribution in [-0.4, -0.2) is 0 Å². The molecule has 0 radical (unpaired) electrons. The molecule has 68 valence electrons. The largest absolute Gasteiger partial charge is 0.326 e. The topological polar surface area (TPSA) is 26.0 Å². The fraction of sp³-hybridized carbons (Fsp3) is 0.200. The highest BCUT2D eigenvalue weighted by Crippen LogP contribution is 2.34. The van der Waals surface area contributed by atoms with E-state index in [1.807, 2.05) is 0 Å². The average Bonchev–Trinajstić information content (AvgIpc) is 2.72. The molecule has 0 aliphatic carbocycles. The minimum Gasteiger partial charge on any atom is -0.326 e. The molecule has 2 aromatic rings. The maximum Gasteiger partial charge on any atom is 0.0357 e. The van der Waals surface area contributed by atoms with Crippen molar-refractivity contribution in [2.75, 3.05) is 0 Å². The zero-order valence-electron chi connectivity index (χ0n) is 7.41. The lowest BCUT2D eigenvalue weighted by Gasteiger charge is -1.99. The van der Waals surface area contributed by atoms with E-state index in [9.17, 15) is 0 Å². The van der Waals surface area contributed by atoms with Crippen molar-refractivity contribution in [3.05, 3.63) is 33.3 Å². The first-order valence-corrected chi connectivity index (χ1v) is 5.89. The Hall–Kier alpha value is -0.640. The summed E-state index contributed by atoms with van der Waals surface area (Å²) in [5.41, 5.74) is 8.30. The van der Waals surface area contributed by atoms with E-state index in [0.29, 0.717) is 6.54 Å². The number of nitrogens with two attached hydrogens (primary N) is 1. The number of hydrogen-bond acceptors (Lipinski definition) is 3. The summed E-state index contributed by atoms with van der Waals surface area (Å²) >= 11 is 3.56. The first-order valence-electron chi connectivity index (χ1n) is 4.14. The molecule has 13 heavy (non-hydrogen) atoms. The first kappa shape index (κ1) is 8.94. The van der Waals surface area contributed by atoms with Gasteiger partial charge in [0.25, 0.3) is 0 Å². The summed E-state index contributed by atoms with van der Waals surface area (Å²) in [6.45, 7) is 2.79. The SMILES string of the molecule is Cc1scc(CN)c1-c1cccs1. The fourth-order valence-electron chi connectivity index (χ4n) is 1.41. The van der Waals surface area contributed by atoms with Crippen molar-refractivity contribution in [1.82, 2.24) is 0 Å². The van der Waals surface area contributed by atoms with Crippen LogP contribution in [0.4, 0.5) is 0 Å². The second kappa shape index (κ2) is 3.62. The van der Waals surface area contributed by atoms with Gasteiger partial charge in [-0.3, -0.25) is 0 Å². The smallest absolute Gasteiger partial charge is 0.0357 e. The molecule has 0 atom stereocenters. The van der Waals surface area contributed by atoms with Crippen LogP contribution in [0.1, 0.15) is 10.4 Å². The highest BCUT2D eigenvalue weighted by Gasteiger charge is 2.09. The van der Waals surface area contributed by atoms with Gasteiger partial charge in [0.1, 0.15) is 0 Å². The molecule has 0 saturated carbocycles. The van der Waals surface area contributed by atoms with Gasteiger partial charge in [0, 0.05) is 21.9 Å². The van der Waals surface area contributed by atoms with Gasteiger partial charge in [-0.2, -0.15) is 0 Å². The molecule has 0 aromatic carbocycles. The quantitative estimate of drug-likeness (QED) is 0.807. The molecular formula is C10H11NS2. The number of rotatable bonds is 2. The van der Waals surface area contributed by atoms with E-state index >= 15 is 0 Å². The van der Waals surface area contributed by atoms with Gasteiger partial charge in [-0.1, -0.05) is 6.07 Å². The fourth-order valence-corrected chi connectivity index (χ4v) is 3.23. The molecule has 0 saturated heterocycles. The number of hydrogen-bond donors (Lipinski definition) is 1. The van der Waals surface area contributed by atoms with Gasteiger partial charge in [0.2, 0.25) is 0 Å². The van der Waals surface area contributed by atoms with Crippen LogP contribution < -0.4 is 5.73 Å². The monoisotopic (exact) mass is 209 g/mol. The Bertz CT molecular complexity index is 387. The van der Waals surface area contributed by atoms with E-state index in [4.69, 9.17) is 5.73 Å². The number of aryl methyl sites for hydroxylation is 1. The van der Waals surface area contributed by atoms with E-state index in [-0.39, 0.29) is 0 Å². The Morgan fingerprint density at radius 3 is 2.85 bits per heavy atom. The third-order valence-electron chi connectivity index (χ3n) is 2.04. The van der Waals surface area contributed by atoms with Crippen LogP contribution in [0.2, 0.25) is 0 Å². The average molecular weight is 209 g/mol. The van der Waals surface area contributed by atoms with Gasteiger partial charge in [0.05, 0.1) is 0 Å². The molecule has 0 fully saturated rings. The molecule has 0 aliphatic heterocycles. The lowest BCUT2D eigenvalue weighted by atomic mass is 10.1. The van der Waals surface area contributed by atoms with Crippen molar-refractivity contribution in [2.45, 2.75) is 13.5 Å². The summed E-state index contributed by atoms with van der Waals surface area (Å²) in [5.74, 6) is 0. The lowest BCUT2D eigenvalue weighted by molar-refractivity contribution is 1.08. The first-order chi connectivity index (χ1) is 6.33. The van der Waals surface area contributed by atoms with Gasteiger partial charge in [0.15, 0.2) is 0 Å². The minimum atomic E-state index is 0.636. The van der Waals surface area contributed by atoms with Crippen molar-refractivity contribution in [3.8, 4) is 10.4 Å². The van der Waals surface area contributed by atoms with Crippen LogP contribution in [0.25, 0.3) is 10.4 Å². The third-order valence-corrected chi connectivity index (χ3v) is 3.89. The summed E-state index contributed by atoms with van der Waals surface area (Å²) < 4.78 is 0. The van der Waals surface area contributed by atoms with E-state index in [1.54, 1.807) is 22.7 Å². The highest BCUT2D eigenvalue weighted by molar-refractivity contribution is 7.15. The second-order valence-corrected chi connectivity index (χ2v) is 4.91. The Kier molecular flexibility index (Phi) is 2.49. The summed E-state index contributed by atoms with van der Waals surface area (Å²) in [4.78, 5) is 2.70. The molecule has 0 bridgehead atoms. The van der Waals surface area contributed by atoms with Crippen molar-refractivity contribution in [3.63, 3.8) is 0 Å². The van der Waals surface area contributed by atoms with Crippen LogP contribution in [0.3, 0.4) is 0 Å². The van der Waals surface area contributed by atoms with Crippen molar-refractivity contribution in [1.29, 1.82) is 0 Å². The van der Waals surface area contributed by atoms with Crippen LogP contribution in [0.5, 0.6) is 0 Å². The third kappa shape index (κ3) is 1.55. The second-order valence-electron chi connectivity index (χ2n) is 2.87. The van der Waals surface area contributed by atoms with Crippen molar-refractivity contribution in [2.24, 2.45) is 5.73 Å². The van der Waals surface area contributed by atoms with E-state index in [1.165, 1.54) is 20.9 Å². The molecule has 0 aliphatic rings. The summed E-state index contributed by atoms with van der Waals surface area (Å²) in [6.07, 6.45) is 0. The normalized spacial score (nSPS) is 10.6. The van der Waals surface area contributed by atoms with Gasteiger partial charge in [-0.25, -0.2) is 0 Å². The maximum absolute atomic E-state index is 5.68. The molecule has 0 amide bonds. The van der Waals surface area contributed by atoms with E-state index < -0.39 is 0 Å². The standard InChI is InChI=1S/C10H11NS2/c1-7-10(8(5-11)6-13-7)9-3-2-4-12-9/h2-4,6H,5,11H2,1H3. The number of thiophene rings is 2. The van der Waals surface area contributed by atoms with Crippen molar-refractivity contribution >= 4 is 22.7 Å². The molecule has 1 nitrogen and oxygen atoms in total. The molecule has 2 aromatic heterocycles. The lowest BCUT2D eigenvalue weighted by Crippen LogP contribution is -1.95. The van der Waals surface area contributed by atoms with Crippen molar-refractivity contribution < 1.29 is 0 Å². The van der Waals surface area contributed by atoms with Gasteiger partial charge < -0.3 is 5.73 Å². The highest BCUT2D eigenvalue weighted by atomic mass is 32.1. The predicted octanol–water partition coefficient (Wildman–Crippen LogP) is 3.24. The van der Waals surface area contributed by atoms with Crippen LogP contribution in [0.15, 0.2) is 22.9 Å². The van der Waals surface area contributed by atoms with E-state index in [2.05, 4.69) is 29.8 Å². The molecule has 3 heteroatoms. The van der Waals surface area contributed by atoms with Crippen LogP contribution in [-0.2, 0) is 6.54 Å². The molecule has 2 N–H and O–H groups in total. The van der Waals surface area contributed by atoms with Gasteiger partial charge in [-0.15, -0.1) is 22.7 Å². The van der Waals surface area contributed by atoms with Gasteiger partial charge >= 0.3 is 0 Å². The van der Waals surface area contributed by atoms with Gasteiger partial charge in [-0.05, 0) is 29.3 Å². The molecule has 2 heterocycles. The predicted molar refractivity (Wildman–Crippen MR) is 60.3 cm³/mol. The molecule has 0 unspecified atom stereocenters. The Morgan fingerprint density at radius 1 is 1.38 bits per heavy atom. The molecule has 0 spiro atoms. The summed E-state index contributed by atoms with van der Waals surface area (Å²) in [6, 6.07) is 4.23. The van der Waals surface area contributed by atoms with E-state index in [0.717, 1.165) is 0 Å². The minimum absolute atomic E-state index is 0.636. The molecular weight excluding hydrogens is 198 g/mol. The Balaban J connectivity index is 2.55. The Morgan fingerprint density at radius 2 is 2.23 bits per heavy atom. The maximum atomic E-state index is 5.68. The summed E-state index contributed by atoms with van der Waals surface area (Å²) in [7, 11) is 0. The zero-order chi connectivity index (χ0) is 9.26. The Labute approximate surface area is 85.8 Å². The zero-order valence-corrected chi connectivity index (χ0v) is 9.04. The summed E-state index contributed by atoms with van der Waals surface area (Å²) in [5, 5.41) is 4.26.